The normalized spacial score (nSPS) is 47.0. The maximum Gasteiger partial charge on any atom is 0.302 e. The molecule has 4 fully saturated rings. The van der Waals surface area contributed by atoms with E-state index in [0.717, 1.165) is 42.9 Å². The molecular formula is C30H52O4. The first kappa shape index (κ1) is 26.5. The summed E-state index contributed by atoms with van der Waals surface area (Å²) in [5, 5.41) is 12.2. The maximum absolute atomic E-state index is 12.2. The molecule has 4 aliphatic rings. The van der Waals surface area contributed by atoms with Crippen LogP contribution in [0.15, 0.2) is 0 Å². The number of carbonyl (C=O) groups excluding carboxylic acids is 1. The molecule has 10 atom stereocenters. The fourth-order valence-corrected chi connectivity index (χ4v) is 9.87. The van der Waals surface area contributed by atoms with Crippen LogP contribution in [0.5, 0.6) is 0 Å². The van der Waals surface area contributed by atoms with E-state index < -0.39 is 5.60 Å². The average molecular weight is 477 g/mol. The minimum atomic E-state index is -0.919. The Morgan fingerprint density at radius 3 is 2.41 bits per heavy atom. The maximum atomic E-state index is 12.2. The fourth-order valence-electron chi connectivity index (χ4n) is 9.87. The molecule has 4 heteroatoms. The summed E-state index contributed by atoms with van der Waals surface area (Å²) < 4.78 is 11.7. The minimum Gasteiger partial charge on any atom is -0.462 e. The SMILES string of the molecule is CO[C@H]1C[C@H]2[C@@H]3CC[C@H]([C@H](C)CCCC(C)C)[C@@]3(C)CC[C@@H]2[C@@]2(C)CC[C@@H](OC(C)=O)C[C@]12O. The third kappa shape index (κ3) is 4.27. The van der Waals surface area contributed by atoms with Crippen molar-refractivity contribution in [3.63, 3.8) is 0 Å². The van der Waals surface area contributed by atoms with Crippen LogP contribution in [0.2, 0.25) is 0 Å². The molecule has 0 unspecified atom stereocenters. The van der Waals surface area contributed by atoms with Crippen LogP contribution in [-0.2, 0) is 14.3 Å². The Balaban J connectivity index is 1.54. The largest absolute Gasteiger partial charge is 0.462 e. The van der Waals surface area contributed by atoms with Gasteiger partial charge in [0.05, 0.1) is 11.7 Å². The number of rotatable bonds is 7. The van der Waals surface area contributed by atoms with Crippen molar-refractivity contribution < 1.29 is 19.4 Å². The molecule has 4 saturated carbocycles. The summed E-state index contributed by atoms with van der Waals surface area (Å²) in [6, 6.07) is 0. The molecule has 0 aliphatic heterocycles. The number of methoxy groups -OCH3 is 1. The van der Waals surface area contributed by atoms with E-state index in [1.165, 1.54) is 51.9 Å². The quantitative estimate of drug-likeness (QED) is 0.412. The number of ether oxygens (including phenoxy) is 2. The smallest absolute Gasteiger partial charge is 0.302 e. The van der Waals surface area contributed by atoms with Gasteiger partial charge in [0.2, 0.25) is 0 Å². The first-order valence-electron chi connectivity index (χ1n) is 14.4. The van der Waals surface area contributed by atoms with E-state index >= 15 is 0 Å². The summed E-state index contributed by atoms with van der Waals surface area (Å²) in [7, 11) is 1.77. The van der Waals surface area contributed by atoms with Gasteiger partial charge in [0.25, 0.3) is 0 Å². The van der Waals surface area contributed by atoms with E-state index in [9.17, 15) is 9.90 Å². The molecule has 4 rings (SSSR count). The molecule has 0 amide bonds. The van der Waals surface area contributed by atoms with Crippen LogP contribution in [0, 0.1) is 46.3 Å². The summed E-state index contributed by atoms with van der Waals surface area (Å²) >= 11 is 0. The van der Waals surface area contributed by atoms with Gasteiger partial charge in [-0.05, 0) is 85.9 Å². The first-order chi connectivity index (χ1) is 16.0. The van der Waals surface area contributed by atoms with Crippen LogP contribution < -0.4 is 0 Å². The standard InChI is InChI=1S/C30H52O4/c1-19(2)9-8-10-20(3)24-11-12-25-23-17-27(33-7)30(32)18-22(34-21(4)31)13-16-29(30,6)26(23)14-15-28(24,25)5/h19-20,22-27,32H,8-18H2,1-7H3/t20-,22-,23+,24-,25+,26+,27+,28-,29-,30+/m1/s1. The molecular weight excluding hydrogens is 424 g/mol. The van der Waals surface area contributed by atoms with Crippen LogP contribution in [0.4, 0.5) is 0 Å². The molecule has 0 aromatic rings. The van der Waals surface area contributed by atoms with Gasteiger partial charge in [0, 0.05) is 25.9 Å². The van der Waals surface area contributed by atoms with Crippen LogP contribution in [-0.4, -0.2) is 36.0 Å². The minimum absolute atomic E-state index is 0.171. The Bertz CT molecular complexity index is 735. The lowest BCUT2D eigenvalue weighted by Gasteiger charge is -2.66. The highest BCUT2D eigenvalue weighted by atomic mass is 16.5. The third-order valence-electron chi connectivity index (χ3n) is 11.6. The molecule has 34 heavy (non-hydrogen) atoms. The van der Waals surface area contributed by atoms with Gasteiger partial charge in [-0.3, -0.25) is 4.79 Å². The summed E-state index contributed by atoms with van der Waals surface area (Å²) in [6.45, 7) is 13.6. The Labute approximate surface area is 208 Å². The third-order valence-corrected chi connectivity index (χ3v) is 11.6. The van der Waals surface area contributed by atoms with Gasteiger partial charge >= 0.3 is 5.97 Å². The highest BCUT2D eigenvalue weighted by Crippen LogP contribution is 2.69. The van der Waals surface area contributed by atoms with Crippen molar-refractivity contribution in [2.45, 2.75) is 130 Å². The molecule has 0 saturated heterocycles. The molecule has 0 aromatic heterocycles. The number of esters is 1. The van der Waals surface area contributed by atoms with Crippen LogP contribution in [0.1, 0.15) is 112 Å². The van der Waals surface area contributed by atoms with Crippen molar-refractivity contribution in [3.05, 3.63) is 0 Å². The van der Waals surface area contributed by atoms with Crippen LogP contribution in [0.3, 0.4) is 0 Å². The van der Waals surface area contributed by atoms with E-state index in [-0.39, 0.29) is 23.6 Å². The van der Waals surface area contributed by atoms with E-state index in [4.69, 9.17) is 9.47 Å². The molecule has 196 valence electrons. The van der Waals surface area contributed by atoms with Crippen molar-refractivity contribution >= 4 is 5.97 Å². The summed E-state index contributed by atoms with van der Waals surface area (Å²) in [6.07, 6.45) is 12.2. The zero-order chi connectivity index (χ0) is 24.9. The van der Waals surface area contributed by atoms with E-state index in [1.807, 2.05) is 0 Å². The lowest BCUT2D eigenvalue weighted by molar-refractivity contribution is -0.271. The van der Waals surface area contributed by atoms with Gasteiger partial charge in [-0.25, -0.2) is 0 Å². The van der Waals surface area contributed by atoms with E-state index in [0.29, 0.717) is 23.7 Å². The van der Waals surface area contributed by atoms with E-state index in [1.54, 1.807) is 7.11 Å². The Morgan fingerprint density at radius 1 is 1.03 bits per heavy atom. The fraction of sp³-hybridized carbons (Fsp3) is 0.967. The molecule has 1 N–H and O–H groups in total. The summed E-state index contributed by atoms with van der Waals surface area (Å²) in [5.41, 5.74) is -0.663. The molecule has 0 spiro atoms. The zero-order valence-electron chi connectivity index (χ0n) is 23.1. The second kappa shape index (κ2) is 9.69. The number of hydrogen-bond acceptors (Lipinski definition) is 4. The van der Waals surface area contributed by atoms with Gasteiger partial charge in [-0.2, -0.15) is 0 Å². The molecule has 0 heterocycles. The summed E-state index contributed by atoms with van der Waals surface area (Å²) in [5.74, 6) is 4.11. The van der Waals surface area contributed by atoms with Gasteiger partial charge in [-0.1, -0.05) is 53.9 Å². The predicted octanol–water partition coefficient (Wildman–Crippen LogP) is 6.78. The monoisotopic (exact) mass is 476 g/mol. The van der Waals surface area contributed by atoms with Crippen molar-refractivity contribution in [2.24, 2.45) is 46.3 Å². The second-order valence-corrected chi connectivity index (χ2v) is 13.7. The van der Waals surface area contributed by atoms with Gasteiger partial charge in [-0.15, -0.1) is 0 Å². The van der Waals surface area contributed by atoms with Gasteiger partial charge < -0.3 is 14.6 Å². The van der Waals surface area contributed by atoms with Gasteiger partial charge in [0.1, 0.15) is 6.10 Å². The number of fused-ring (bicyclic) bond motifs is 5. The van der Waals surface area contributed by atoms with Crippen molar-refractivity contribution in [1.29, 1.82) is 0 Å². The lowest BCUT2D eigenvalue weighted by Crippen LogP contribution is -2.69. The average Bonchev–Trinajstić information content (AvgIpc) is 3.11. The number of aliphatic hydroxyl groups is 1. The van der Waals surface area contributed by atoms with E-state index in [2.05, 4.69) is 34.6 Å². The first-order valence-corrected chi connectivity index (χ1v) is 14.4. The van der Waals surface area contributed by atoms with Crippen LogP contribution in [0.25, 0.3) is 0 Å². The highest BCUT2D eigenvalue weighted by Gasteiger charge is 2.68. The molecule has 0 radical (unpaired) electrons. The predicted molar refractivity (Wildman–Crippen MR) is 136 cm³/mol. The molecule has 0 bridgehead atoms. The van der Waals surface area contributed by atoms with Crippen molar-refractivity contribution in [2.75, 3.05) is 7.11 Å². The second-order valence-electron chi connectivity index (χ2n) is 13.7. The van der Waals surface area contributed by atoms with Gasteiger partial charge in [0.15, 0.2) is 0 Å². The Morgan fingerprint density at radius 2 is 1.76 bits per heavy atom. The Kier molecular flexibility index (Phi) is 7.54. The zero-order valence-corrected chi connectivity index (χ0v) is 23.1. The molecule has 4 aliphatic carbocycles. The van der Waals surface area contributed by atoms with Crippen molar-refractivity contribution in [3.8, 4) is 0 Å². The summed E-state index contributed by atoms with van der Waals surface area (Å²) in [4.78, 5) is 11.6. The molecule has 4 nitrogen and oxygen atoms in total. The molecule has 0 aromatic carbocycles. The number of hydrogen-bond donors (Lipinski definition) is 1. The number of carbonyl (C=O) groups is 1. The van der Waals surface area contributed by atoms with Crippen LogP contribution >= 0.6 is 0 Å². The van der Waals surface area contributed by atoms with Crippen molar-refractivity contribution in [1.82, 2.24) is 0 Å². The Hall–Kier alpha value is -0.610. The highest BCUT2D eigenvalue weighted by molar-refractivity contribution is 5.66. The topological polar surface area (TPSA) is 55.8 Å². The lowest BCUT2D eigenvalue weighted by atomic mass is 9.42.